The minimum atomic E-state index is -0.323. The van der Waals surface area contributed by atoms with Crippen molar-refractivity contribution in [1.82, 2.24) is 4.90 Å². The number of rotatable bonds is 3. The van der Waals surface area contributed by atoms with Gasteiger partial charge in [0.15, 0.2) is 0 Å². The molecule has 0 aliphatic rings. The summed E-state index contributed by atoms with van der Waals surface area (Å²) in [6, 6.07) is 4.02. The second-order valence-electron chi connectivity index (χ2n) is 4.57. The number of fused-ring (bicyclic) bond motifs is 1. The van der Waals surface area contributed by atoms with E-state index < -0.39 is 0 Å². The van der Waals surface area contributed by atoms with Gasteiger partial charge in [-0.3, -0.25) is 4.79 Å². The highest BCUT2D eigenvalue weighted by atomic mass is 35.5. The zero-order chi connectivity index (χ0) is 12.6. The molecule has 0 atom stereocenters. The van der Waals surface area contributed by atoms with Gasteiger partial charge in [0.25, 0.3) is 5.91 Å². The van der Waals surface area contributed by atoms with Gasteiger partial charge >= 0.3 is 0 Å². The van der Waals surface area contributed by atoms with Crippen LogP contribution in [-0.4, -0.2) is 29.3 Å². The highest BCUT2D eigenvalue weighted by Crippen LogP contribution is 2.31. The lowest BCUT2D eigenvalue weighted by molar-refractivity contribution is 0.0665. The molecule has 2 rings (SSSR count). The van der Waals surface area contributed by atoms with Crippen LogP contribution in [-0.2, 0) is 0 Å². The van der Waals surface area contributed by atoms with E-state index in [0.29, 0.717) is 5.88 Å². The van der Waals surface area contributed by atoms with Crippen LogP contribution in [0.1, 0.15) is 23.5 Å². The highest BCUT2D eigenvalue weighted by Gasteiger charge is 2.28. The quantitative estimate of drug-likeness (QED) is 0.780. The molecule has 2 aromatic heterocycles. The topological polar surface area (TPSA) is 20.3 Å². The average Bonchev–Trinajstić information content (AvgIpc) is 2.86. The Kier molecular flexibility index (Phi) is 3.48. The summed E-state index contributed by atoms with van der Waals surface area (Å²) in [4.78, 5) is 14.8. The maximum absolute atomic E-state index is 12.3. The Morgan fingerprint density at radius 3 is 2.76 bits per heavy atom. The van der Waals surface area contributed by atoms with Gasteiger partial charge in [-0.05, 0) is 31.4 Å². The van der Waals surface area contributed by atoms with Crippen LogP contribution in [0.15, 0.2) is 17.5 Å². The van der Waals surface area contributed by atoms with E-state index in [4.69, 9.17) is 11.6 Å². The fraction of sp³-hybridized carbons (Fsp3) is 0.417. The van der Waals surface area contributed by atoms with Crippen molar-refractivity contribution >= 4 is 49.6 Å². The van der Waals surface area contributed by atoms with Crippen LogP contribution in [0.4, 0.5) is 0 Å². The van der Waals surface area contributed by atoms with Crippen molar-refractivity contribution in [3.8, 4) is 0 Å². The zero-order valence-corrected chi connectivity index (χ0v) is 12.4. The van der Waals surface area contributed by atoms with Crippen LogP contribution in [0.3, 0.4) is 0 Å². The van der Waals surface area contributed by atoms with Crippen LogP contribution in [0.25, 0.3) is 9.40 Å². The standard InChI is InChI=1S/C12H14ClNOS2/c1-12(2,7-13)14(3)11(15)10-6-9-8(17-10)4-5-16-9/h4-6H,7H2,1-3H3. The predicted molar refractivity (Wildman–Crippen MR) is 76.6 cm³/mol. The Morgan fingerprint density at radius 1 is 1.47 bits per heavy atom. The van der Waals surface area contributed by atoms with E-state index >= 15 is 0 Å². The van der Waals surface area contributed by atoms with Gasteiger partial charge in [-0.1, -0.05) is 0 Å². The second kappa shape index (κ2) is 4.59. The zero-order valence-electron chi connectivity index (χ0n) is 9.99. The summed E-state index contributed by atoms with van der Waals surface area (Å²) in [5.74, 6) is 0.471. The third kappa shape index (κ3) is 2.34. The van der Waals surface area contributed by atoms with Crippen LogP contribution in [0.2, 0.25) is 0 Å². The Balaban J connectivity index is 2.29. The van der Waals surface area contributed by atoms with Crippen LogP contribution < -0.4 is 0 Å². The SMILES string of the molecule is CN(C(=O)c1cc2sccc2s1)C(C)(C)CCl. The van der Waals surface area contributed by atoms with Crippen molar-refractivity contribution in [1.29, 1.82) is 0 Å². The van der Waals surface area contributed by atoms with Gasteiger partial charge in [0.2, 0.25) is 0 Å². The Labute approximate surface area is 114 Å². The molecule has 0 bridgehead atoms. The lowest BCUT2D eigenvalue weighted by atomic mass is 10.1. The summed E-state index contributed by atoms with van der Waals surface area (Å²) in [6.07, 6.45) is 0. The summed E-state index contributed by atoms with van der Waals surface area (Å²) in [7, 11) is 1.80. The first-order chi connectivity index (χ1) is 7.95. The number of carbonyl (C=O) groups is 1. The minimum absolute atomic E-state index is 0.0454. The molecule has 5 heteroatoms. The van der Waals surface area contributed by atoms with E-state index in [1.54, 1.807) is 34.6 Å². The van der Waals surface area contributed by atoms with Crippen molar-refractivity contribution in [2.75, 3.05) is 12.9 Å². The number of hydrogen-bond donors (Lipinski definition) is 0. The Morgan fingerprint density at radius 2 is 2.18 bits per heavy atom. The number of halogens is 1. The second-order valence-corrected chi connectivity index (χ2v) is 6.87. The van der Waals surface area contributed by atoms with Crippen molar-refractivity contribution in [3.63, 3.8) is 0 Å². The molecule has 0 fully saturated rings. The molecule has 0 aromatic carbocycles. The molecule has 2 aromatic rings. The lowest BCUT2D eigenvalue weighted by Crippen LogP contribution is -2.46. The molecule has 1 amide bonds. The molecule has 0 saturated carbocycles. The highest BCUT2D eigenvalue weighted by molar-refractivity contribution is 7.27. The summed E-state index contributed by atoms with van der Waals surface area (Å²) >= 11 is 9.10. The molecule has 0 spiro atoms. The number of amides is 1. The number of nitrogens with zero attached hydrogens (tertiary/aromatic N) is 1. The molecule has 0 saturated heterocycles. The van der Waals surface area contributed by atoms with E-state index in [1.165, 1.54) is 9.40 Å². The van der Waals surface area contributed by atoms with E-state index in [9.17, 15) is 4.79 Å². The van der Waals surface area contributed by atoms with Crippen LogP contribution in [0.5, 0.6) is 0 Å². The first-order valence-corrected chi connectivity index (χ1v) is 7.50. The van der Waals surface area contributed by atoms with Crippen molar-refractivity contribution in [2.24, 2.45) is 0 Å². The summed E-state index contributed by atoms with van der Waals surface area (Å²) in [5.41, 5.74) is -0.323. The minimum Gasteiger partial charge on any atom is -0.335 e. The third-order valence-electron chi connectivity index (χ3n) is 2.89. The van der Waals surface area contributed by atoms with Crippen molar-refractivity contribution in [3.05, 3.63) is 22.4 Å². The van der Waals surface area contributed by atoms with Crippen LogP contribution >= 0.6 is 34.3 Å². The monoisotopic (exact) mass is 287 g/mol. The average molecular weight is 288 g/mol. The lowest BCUT2D eigenvalue weighted by Gasteiger charge is -2.33. The van der Waals surface area contributed by atoms with Gasteiger partial charge in [0.1, 0.15) is 0 Å². The van der Waals surface area contributed by atoms with Gasteiger partial charge in [-0.2, -0.15) is 0 Å². The van der Waals surface area contributed by atoms with Crippen LogP contribution in [0, 0.1) is 0 Å². The van der Waals surface area contributed by atoms with E-state index in [-0.39, 0.29) is 11.4 Å². The molecular weight excluding hydrogens is 274 g/mol. The summed E-state index contributed by atoms with van der Waals surface area (Å²) < 4.78 is 2.35. The predicted octanol–water partition coefficient (Wildman–Crippen LogP) is 4.05. The molecular formula is C12H14ClNOS2. The molecule has 2 heterocycles. The van der Waals surface area contributed by atoms with Gasteiger partial charge in [-0.25, -0.2) is 0 Å². The molecule has 0 unspecified atom stereocenters. The molecule has 2 nitrogen and oxygen atoms in total. The third-order valence-corrected chi connectivity index (χ3v) is 5.63. The molecule has 0 N–H and O–H groups in total. The molecule has 0 aliphatic carbocycles. The first-order valence-electron chi connectivity index (χ1n) is 5.27. The maximum atomic E-state index is 12.3. The smallest absolute Gasteiger partial charge is 0.264 e. The molecule has 17 heavy (non-hydrogen) atoms. The molecule has 0 radical (unpaired) electrons. The number of alkyl halides is 1. The van der Waals surface area contributed by atoms with Crippen molar-refractivity contribution in [2.45, 2.75) is 19.4 Å². The Bertz CT molecular complexity index is 515. The number of carbonyl (C=O) groups excluding carboxylic acids is 1. The van der Waals surface area contributed by atoms with Crippen molar-refractivity contribution < 1.29 is 4.79 Å². The van der Waals surface area contributed by atoms with Gasteiger partial charge in [0.05, 0.1) is 10.4 Å². The Hall–Kier alpha value is -0.580. The van der Waals surface area contributed by atoms with E-state index in [1.807, 2.05) is 31.4 Å². The van der Waals surface area contributed by atoms with Gasteiger partial charge < -0.3 is 4.90 Å². The van der Waals surface area contributed by atoms with Gasteiger partial charge in [-0.15, -0.1) is 34.3 Å². The molecule has 92 valence electrons. The van der Waals surface area contributed by atoms with Gasteiger partial charge in [0, 0.05) is 22.3 Å². The first kappa shape index (κ1) is 12.9. The molecule has 0 aliphatic heterocycles. The number of hydrogen-bond acceptors (Lipinski definition) is 3. The number of thiophene rings is 2. The summed E-state index contributed by atoms with van der Waals surface area (Å²) in [6.45, 7) is 3.93. The van der Waals surface area contributed by atoms with E-state index in [0.717, 1.165) is 4.88 Å². The largest absolute Gasteiger partial charge is 0.335 e. The fourth-order valence-electron chi connectivity index (χ4n) is 1.40. The van der Waals surface area contributed by atoms with E-state index in [2.05, 4.69) is 0 Å². The maximum Gasteiger partial charge on any atom is 0.264 e. The normalized spacial score (nSPS) is 12.0. The summed E-state index contributed by atoms with van der Waals surface area (Å²) in [5, 5.41) is 2.04. The fourth-order valence-corrected chi connectivity index (χ4v) is 3.66.